The molecule has 20 heavy (non-hydrogen) atoms. The Hall–Kier alpha value is -1.80. The van der Waals surface area contributed by atoms with E-state index >= 15 is 0 Å². The minimum atomic E-state index is -4.20. The molecule has 7 nitrogen and oxygen atoms in total. The van der Waals surface area contributed by atoms with E-state index in [2.05, 4.69) is 5.32 Å². The average Bonchev–Trinajstić information content (AvgIpc) is 2.35. The number of rotatable bonds is 6. The highest BCUT2D eigenvalue weighted by molar-refractivity contribution is 8.13. The van der Waals surface area contributed by atoms with Gasteiger partial charge in [-0.2, -0.15) is 0 Å². The van der Waals surface area contributed by atoms with E-state index in [9.17, 15) is 18.0 Å². The number of benzene rings is 1. The summed E-state index contributed by atoms with van der Waals surface area (Å²) in [6, 6.07) is 3.16. The number of carboxylic acid groups (broad SMARTS) is 1. The number of aromatic carboxylic acids is 1. The molecule has 9 heteroatoms. The molecular formula is C11H12ClNO6S. The number of nitrogens with one attached hydrogen (secondary N) is 1. The van der Waals surface area contributed by atoms with Gasteiger partial charge in [-0.1, -0.05) is 0 Å². The van der Waals surface area contributed by atoms with Gasteiger partial charge in [-0.15, -0.1) is 0 Å². The Morgan fingerprint density at radius 1 is 1.40 bits per heavy atom. The summed E-state index contributed by atoms with van der Waals surface area (Å²) in [4.78, 5) is 21.5. The smallest absolute Gasteiger partial charge is 0.335 e. The van der Waals surface area contributed by atoms with E-state index in [1.165, 1.54) is 0 Å². The van der Waals surface area contributed by atoms with E-state index < -0.39 is 32.4 Å². The van der Waals surface area contributed by atoms with Crippen LogP contribution in [-0.2, 0) is 13.8 Å². The van der Waals surface area contributed by atoms with Crippen molar-refractivity contribution in [1.82, 2.24) is 5.32 Å². The van der Waals surface area contributed by atoms with Gasteiger partial charge in [-0.3, -0.25) is 4.79 Å². The fourth-order valence-corrected chi connectivity index (χ4v) is 2.34. The van der Waals surface area contributed by atoms with Gasteiger partial charge >= 0.3 is 5.97 Å². The van der Waals surface area contributed by atoms with Crippen LogP contribution in [0.1, 0.15) is 17.3 Å². The second kappa shape index (κ2) is 6.58. The molecule has 110 valence electrons. The molecule has 0 aliphatic heterocycles. The molecule has 0 atom stereocenters. The maximum atomic E-state index is 11.4. The normalized spacial score (nSPS) is 10.9. The van der Waals surface area contributed by atoms with Gasteiger partial charge in [0.15, 0.2) is 6.61 Å². The van der Waals surface area contributed by atoms with E-state index in [-0.39, 0.29) is 11.3 Å². The van der Waals surface area contributed by atoms with Crippen LogP contribution in [0.3, 0.4) is 0 Å². The Labute approximate surface area is 119 Å². The topological polar surface area (TPSA) is 110 Å². The van der Waals surface area contributed by atoms with Crippen LogP contribution in [0.2, 0.25) is 0 Å². The quantitative estimate of drug-likeness (QED) is 0.751. The van der Waals surface area contributed by atoms with Crippen LogP contribution in [0.15, 0.2) is 23.1 Å². The molecule has 0 fully saturated rings. The SMILES string of the molecule is CCNC(=O)COc1ccc(C(=O)O)cc1S(=O)(=O)Cl. The van der Waals surface area contributed by atoms with Crippen molar-refractivity contribution >= 4 is 31.6 Å². The maximum Gasteiger partial charge on any atom is 0.335 e. The summed E-state index contributed by atoms with van der Waals surface area (Å²) < 4.78 is 27.8. The lowest BCUT2D eigenvalue weighted by Crippen LogP contribution is -2.28. The van der Waals surface area contributed by atoms with Gasteiger partial charge in [0, 0.05) is 17.2 Å². The first-order valence-corrected chi connectivity index (χ1v) is 7.78. The summed E-state index contributed by atoms with van der Waals surface area (Å²) in [5.74, 6) is -1.93. The Morgan fingerprint density at radius 3 is 2.55 bits per heavy atom. The van der Waals surface area contributed by atoms with Crippen LogP contribution in [0, 0.1) is 0 Å². The molecule has 0 aliphatic carbocycles. The number of likely N-dealkylation sites (N-methyl/N-ethyl adjacent to an activating group) is 1. The number of carbonyl (C=O) groups excluding carboxylic acids is 1. The van der Waals surface area contributed by atoms with Crippen LogP contribution >= 0.6 is 10.7 Å². The van der Waals surface area contributed by atoms with E-state index in [0.717, 1.165) is 18.2 Å². The molecule has 0 spiro atoms. The lowest BCUT2D eigenvalue weighted by atomic mass is 10.2. The molecular weight excluding hydrogens is 310 g/mol. The van der Waals surface area contributed by atoms with Gasteiger partial charge in [0.05, 0.1) is 5.56 Å². The maximum absolute atomic E-state index is 11.4. The Kier molecular flexibility index (Phi) is 5.34. The highest BCUT2D eigenvalue weighted by atomic mass is 35.7. The van der Waals surface area contributed by atoms with Crippen molar-refractivity contribution in [3.05, 3.63) is 23.8 Å². The molecule has 1 aromatic carbocycles. The molecule has 1 amide bonds. The molecule has 0 unspecified atom stereocenters. The third-order valence-electron chi connectivity index (χ3n) is 2.19. The molecule has 0 radical (unpaired) electrons. The zero-order valence-corrected chi connectivity index (χ0v) is 12.0. The zero-order chi connectivity index (χ0) is 15.3. The number of hydrogen-bond acceptors (Lipinski definition) is 5. The largest absolute Gasteiger partial charge is 0.482 e. The lowest BCUT2D eigenvalue weighted by molar-refractivity contribution is -0.123. The predicted octanol–water partition coefficient (Wildman–Crippen LogP) is 0.827. The second-order valence-corrected chi connectivity index (χ2v) is 6.18. The van der Waals surface area contributed by atoms with Crippen LogP contribution < -0.4 is 10.1 Å². The van der Waals surface area contributed by atoms with E-state index in [1.807, 2.05) is 0 Å². The van der Waals surface area contributed by atoms with E-state index in [1.54, 1.807) is 6.92 Å². The van der Waals surface area contributed by atoms with Crippen LogP contribution in [0.4, 0.5) is 0 Å². The summed E-state index contributed by atoms with van der Waals surface area (Å²) in [5, 5.41) is 11.3. The molecule has 0 bridgehead atoms. The van der Waals surface area contributed by atoms with Crippen molar-refractivity contribution in [2.75, 3.05) is 13.2 Å². The first-order valence-electron chi connectivity index (χ1n) is 5.47. The highest BCUT2D eigenvalue weighted by Crippen LogP contribution is 2.28. The number of carbonyl (C=O) groups is 2. The first-order chi connectivity index (χ1) is 9.25. The number of carboxylic acids is 1. The van der Waals surface area contributed by atoms with Crippen LogP contribution in [0.25, 0.3) is 0 Å². The molecule has 2 N–H and O–H groups in total. The zero-order valence-electron chi connectivity index (χ0n) is 10.4. The number of halogens is 1. The Morgan fingerprint density at radius 2 is 2.05 bits per heavy atom. The minimum absolute atomic E-state index is 0.184. The summed E-state index contributed by atoms with van der Waals surface area (Å²) in [7, 11) is 1.02. The summed E-state index contributed by atoms with van der Waals surface area (Å²) >= 11 is 0. The van der Waals surface area contributed by atoms with Crippen molar-refractivity contribution in [3.8, 4) is 5.75 Å². The van der Waals surface area contributed by atoms with Crippen molar-refractivity contribution in [2.24, 2.45) is 0 Å². The van der Waals surface area contributed by atoms with Crippen molar-refractivity contribution < 1.29 is 27.9 Å². The van der Waals surface area contributed by atoms with Gasteiger partial charge in [-0.05, 0) is 25.1 Å². The average molecular weight is 322 g/mol. The number of amides is 1. The molecule has 0 saturated carbocycles. The van der Waals surface area contributed by atoms with Crippen molar-refractivity contribution in [3.63, 3.8) is 0 Å². The Balaban J connectivity index is 3.07. The molecule has 0 aromatic heterocycles. The highest BCUT2D eigenvalue weighted by Gasteiger charge is 2.20. The molecule has 0 saturated heterocycles. The van der Waals surface area contributed by atoms with Crippen LogP contribution in [-0.4, -0.2) is 38.6 Å². The van der Waals surface area contributed by atoms with Crippen LogP contribution in [0.5, 0.6) is 5.75 Å². The standard InChI is InChI=1S/C11H12ClNO6S/c1-2-13-10(14)6-19-8-4-3-7(11(15)16)5-9(8)20(12,17)18/h3-5H,2,6H2,1H3,(H,13,14)(H,15,16). The minimum Gasteiger partial charge on any atom is -0.482 e. The third-order valence-corrected chi connectivity index (χ3v) is 3.53. The van der Waals surface area contributed by atoms with Gasteiger partial charge in [-0.25, -0.2) is 13.2 Å². The fraction of sp³-hybridized carbons (Fsp3) is 0.273. The number of hydrogen-bond donors (Lipinski definition) is 2. The second-order valence-electron chi connectivity index (χ2n) is 3.65. The monoisotopic (exact) mass is 321 g/mol. The third kappa shape index (κ3) is 4.39. The van der Waals surface area contributed by atoms with Gasteiger partial charge in [0.1, 0.15) is 10.6 Å². The first kappa shape index (κ1) is 16.3. The van der Waals surface area contributed by atoms with E-state index in [4.69, 9.17) is 20.5 Å². The lowest BCUT2D eigenvalue weighted by Gasteiger charge is -2.10. The van der Waals surface area contributed by atoms with Crippen molar-refractivity contribution in [2.45, 2.75) is 11.8 Å². The summed E-state index contributed by atoms with van der Waals surface area (Å²) in [6.45, 7) is 1.72. The molecule has 1 aromatic rings. The molecule has 0 aliphatic rings. The summed E-state index contributed by atoms with van der Waals surface area (Å²) in [6.07, 6.45) is 0. The van der Waals surface area contributed by atoms with E-state index in [0.29, 0.717) is 6.54 Å². The van der Waals surface area contributed by atoms with Gasteiger partial charge in [0.25, 0.3) is 15.0 Å². The predicted molar refractivity (Wildman–Crippen MR) is 70.6 cm³/mol. The fourth-order valence-electron chi connectivity index (χ4n) is 1.34. The number of ether oxygens (including phenoxy) is 1. The van der Waals surface area contributed by atoms with Gasteiger partial charge in [0.2, 0.25) is 0 Å². The van der Waals surface area contributed by atoms with Crippen molar-refractivity contribution in [1.29, 1.82) is 0 Å². The molecule has 0 heterocycles. The molecule has 1 rings (SSSR count). The van der Waals surface area contributed by atoms with Gasteiger partial charge < -0.3 is 15.2 Å². The summed E-state index contributed by atoms with van der Waals surface area (Å²) in [5.41, 5.74) is -0.255. The Bertz CT molecular complexity index is 628.